The lowest BCUT2D eigenvalue weighted by molar-refractivity contribution is -0.176. The number of hydrogen-bond acceptors (Lipinski definition) is 5. The van der Waals surface area contributed by atoms with E-state index < -0.39 is 17.5 Å². The fourth-order valence-corrected chi connectivity index (χ4v) is 1.46. The van der Waals surface area contributed by atoms with Crippen molar-refractivity contribution in [3.8, 4) is 11.8 Å². The van der Waals surface area contributed by atoms with Crippen molar-refractivity contribution < 1.29 is 24.2 Å². The van der Waals surface area contributed by atoms with Gasteiger partial charge in [-0.25, -0.2) is 9.59 Å². The quantitative estimate of drug-likeness (QED) is 0.512. The van der Waals surface area contributed by atoms with Gasteiger partial charge in [0.05, 0.1) is 13.2 Å². The van der Waals surface area contributed by atoms with Crippen LogP contribution in [-0.4, -0.2) is 35.9 Å². The van der Waals surface area contributed by atoms with Crippen LogP contribution in [0.5, 0.6) is 0 Å². The number of ether oxygens (including phenoxy) is 2. The molecule has 0 fully saturated rings. The zero-order chi connectivity index (χ0) is 15.9. The van der Waals surface area contributed by atoms with Crippen molar-refractivity contribution in [3.05, 3.63) is 35.4 Å². The first-order valence-electron chi connectivity index (χ1n) is 6.60. The molecular formula is C16H18O5. The van der Waals surface area contributed by atoms with E-state index in [0.29, 0.717) is 5.56 Å². The predicted octanol–water partition coefficient (Wildman–Crippen LogP) is 1.20. The molecule has 5 nitrogen and oxygen atoms in total. The maximum absolute atomic E-state index is 11.8. The number of carbonyl (C=O) groups is 2. The van der Waals surface area contributed by atoms with Crippen LogP contribution < -0.4 is 0 Å². The van der Waals surface area contributed by atoms with Gasteiger partial charge in [0.25, 0.3) is 0 Å². The van der Waals surface area contributed by atoms with E-state index >= 15 is 0 Å². The molecule has 0 radical (unpaired) electrons. The monoisotopic (exact) mass is 290 g/mol. The molecule has 112 valence electrons. The number of aliphatic hydroxyl groups is 1. The highest BCUT2D eigenvalue weighted by molar-refractivity contribution is 6.07. The van der Waals surface area contributed by atoms with Crippen LogP contribution in [0, 0.1) is 18.8 Å². The first-order chi connectivity index (χ1) is 9.93. The van der Waals surface area contributed by atoms with Crippen LogP contribution in [0.3, 0.4) is 0 Å². The fraction of sp³-hybridized carbons (Fsp3) is 0.375. The Morgan fingerprint density at radius 3 is 2.00 bits per heavy atom. The topological polar surface area (TPSA) is 72.8 Å². The van der Waals surface area contributed by atoms with Gasteiger partial charge in [-0.1, -0.05) is 23.6 Å². The summed E-state index contributed by atoms with van der Waals surface area (Å²) in [5.74, 6) is 2.57. The van der Waals surface area contributed by atoms with E-state index in [-0.39, 0.29) is 13.2 Å². The molecule has 0 saturated heterocycles. The number of esters is 2. The van der Waals surface area contributed by atoms with Crippen LogP contribution in [0.4, 0.5) is 0 Å². The molecule has 5 heteroatoms. The fourth-order valence-electron chi connectivity index (χ4n) is 1.46. The molecule has 0 aliphatic carbocycles. The van der Waals surface area contributed by atoms with Gasteiger partial charge < -0.3 is 14.6 Å². The maximum Gasteiger partial charge on any atom is 0.363 e. The van der Waals surface area contributed by atoms with Gasteiger partial charge in [0.15, 0.2) is 0 Å². The maximum atomic E-state index is 11.8. The average molecular weight is 290 g/mol. The van der Waals surface area contributed by atoms with Crippen molar-refractivity contribution in [1.29, 1.82) is 0 Å². The van der Waals surface area contributed by atoms with Crippen LogP contribution in [-0.2, 0) is 19.1 Å². The van der Waals surface area contributed by atoms with Gasteiger partial charge in [-0.15, -0.1) is 0 Å². The second kappa shape index (κ2) is 7.46. The van der Waals surface area contributed by atoms with Crippen LogP contribution >= 0.6 is 0 Å². The summed E-state index contributed by atoms with van der Waals surface area (Å²) < 4.78 is 9.38. The molecule has 0 bridgehead atoms. The second-order valence-corrected chi connectivity index (χ2v) is 4.27. The van der Waals surface area contributed by atoms with Crippen molar-refractivity contribution in [1.82, 2.24) is 0 Å². The molecule has 0 unspecified atom stereocenters. The number of carbonyl (C=O) groups excluding carboxylic acids is 2. The van der Waals surface area contributed by atoms with E-state index in [0.717, 1.165) is 5.56 Å². The molecule has 0 heterocycles. The number of hydrogen-bond donors (Lipinski definition) is 1. The molecule has 0 saturated carbocycles. The van der Waals surface area contributed by atoms with Crippen molar-refractivity contribution in [2.45, 2.75) is 26.4 Å². The van der Waals surface area contributed by atoms with E-state index in [1.165, 1.54) is 0 Å². The molecule has 0 aromatic heterocycles. The lowest BCUT2D eigenvalue weighted by atomic mass is 10.0. The SMILES string of the molecule is CCOC(=O)C(O)(C#Cc1ccc(C)cc1)C(=O)OCC. The zero-order valence-corrected chi connectivity index (χ0v) is 12.3. The van der Waals surface area contributed by atoms with Crippen molar-refractivity contribution in [2.75, 3.05) is 13.2 Å². The van der Waals surface area contributed by atoms with E-state index in [1.54, 1.807) is 26.0 Å². The summed E-state index contributed by atoms with van der Waals surface area (Å²) in [5, 5.41) is 10.2. The smallest absolute Gasteiger partial charge is 0.363 e. The minimum absolute atomic E-state index is 0.0206. The lowest BCUT2D eigenvalue weighted by Crippen LogP contribution is -2.47. The zero-order valence-electron chi connectivity index (χ0n) is 12.3. The molecule has 0 spiro atoms. The highest BCUT2D eigenvalue weighted by Crippen LogP contribution is 2.11. The van der Waals surface area contributed by atoms with Crippen molar-refractivity contribution >= 4 is 11.9 Å². The molecule has 1 aromatic rings. The molecule has 0 aliphatic heterocycles. The third kappa shape index (κ3) is 4.33. The highest BCUT2D eigenvalue weighted by Gasteiger charge is 2.46. The van der Waals surface area contributed by atoms with Gasteiger partial charge in [-0.2, -0.15) is 0 Å². The van der Waals surface area contributed by atoms with Gasteiger partial charge in [-0.3, -0.25) is 0 Å². The second-order valence-electron chi connectivity index (χ2n) is 4.27. The summed E-state index contributed by atoms with van der Waals surface area (Å²) in [6.07, 6.45) is 0. The predicted molar refractivity (Wildman–Crippen MR) is 76.3 cm³/mol. The standard InChI is InChI=1S/C16H18O5/c1-4-20-14(17)16(19,15(18)21-5-2)11-10-13-8-6-12(3)7-9-13/h6-9,19H,4-5H2,1-3H3. The Labute approximate surface area is 123 Å². The normalized spacial score (nSPS) is 10.3. The van der Waals surface area contributed by atoms with Crippen LogP contribution in [0.1, 0.15) is 25.0 Å². The summed E-state index contributed by atoms with van der Waals surface area (Å²) >= 11 is 0. The van der Waals surface area contributed by atoms with E-state index in [1.807, 2.05) is 19.1 Å². The van der Waals surface area contributed by atoms with Gasteiger partial charge in [0.2, 0.25) is 0 Å². The van der Waals surface area contributed by atoms with E-state index in [4.69, 9.17) is 0 Å². The van der Waals surface area contributed by atoms with Crippen molar-refractivity contribution in [3.63, 3.8) is 0 Å². The molecule has 1 rings (SSSR count). The Kier molecular flexibility index (Phi) is 5.94. The average Bonchev–Trinajstić information content (AvgIpc) is 2.46. The molecule has 0 amide bonds. The Balaban J connectivity index is 3.11. The summed E-state index contributed by atoms with van der Waals surface area (Å²) in [6, 6.07) is 7.10. The molecule has 1 N–H and O–H groups in total. The number of benzene rings is 1. The first kappa shape index (κ1) is 16.7. The van der Waals surface area contributed by atoms with Crippen LogP contribution in [0.15, 0.2) is 24.3 Å². The third-order valence-corrected chi connectivity index (χ3v) is 2.58. The number of aryl methyl sites for hydroxylation is 1. The Morgan fingerprint density at radius 1 is 1.10 bits per heavy atom. The summed E-state index contributed by atoms with van der Waals surface area (Å²) in [7, 11) is 0. The summed E-state index contributed by atoms with van der Waals surface area (Å²) in [4.78, 5) is 23.6. The van der Waals surface area contributed by atoms with Crippen LogP contribution in [0.25, 0.3) is 0 Å². The van der Waals surface area contributed by atoms with E-state index in [2.05, 4.69) is 21.3 Å². The largest absolute Gasteiger partial charge is 0.463 e. The molecule has 21 heavy (non-hydrogen) atoms. The minimum Gasteiger partial charge on any atom is -0.463 e. The molecule has 1 aromatic carbocycles. The Hall–Kier alpha value is -2.32. The Bertz CT molecular complexity index is 545. The number of rotatable bonds is 4. The van der Waals surface area contributed by atoms with Crippen molar-refractivity contribution in [2.24, 2.45) is 0 Å². The molecule has 0 aliphatic rings. The van der Waals surface area contributed by atoms with E-state index in [9.17, 15) is 14.7 Å². The highest BCUT2D eigenvalue weighted by atomic mass is 16.6. The van der Waals surface area contributed by atoms with Gasteiger partial charge >= 0.3 is 17.5 Å². The third-order valence-electron chi connectivity index (χ3n) is 2.58. The lowest BCUT2D eigenvalue weighted by Gasteiger charge is -2.17. The summed E-state index contributed by atoms with van der Waals surface area (Å²) in [6.45, 7) is 5.10. The summed E-state index contributed by atoms with van der Waals surface area (Å²) in [5.41, 5.74) is -1.00. The van der Waals surface area contributed by atoms with Gasteiger partial charge in [-0.05, 0) is 38.8 Å². The van der Waals surface area contributed by atoms with Gasteiger partial charge in [0, 0.05) is 5.56 Å². The minimum atomic E-state index is -2.61. The molecule has 0 atom stereocenters. The van der Waals surface area contributed by atoms with Gasteiger partial charge in [0.1, 0.15) is 0 Å². The Morgan fingerprint density at radius 2 is 1.57 bits per heavy atom. The first-order valence-corrected chi connectivity index (χ1v) is 6.60. The molecular weight excluding hydrogens is 272 g/mol. The van der Waals surface area contributed by atoms with Crippen LogP contribution in [0.2, 0.25) is 0 Å².